The van der Waals surface area contributed by atoms with Crippen LogP contribution in [0.15, 0.2) is 0 Å². The fourth-order valence-electron chi connectivity index (χ4n) is 0.144. The van der Waals surface area contributed by atoms with Crippen molar-refractivity contribution in [2.24, 2.45) is 0 Å². The lowest BCUT2D eigenvalue weighted by Gasteiger charge is -2.19. The molecule has 1 nitrogen and oxygen atoms in total. The monoisotopic (exact) mass is 279 g/mol. The molecule has 0 rings (SSSR count). The van der Waals surface area contributed by atoms with Gasteiger partial charge < -0.3 is 0 Å². The second-order valence-electron chi connectivity index (χ2n) is 1.22. The third-order valence-electron chi connectivity index (χ3n) is 0.445. The van der Waals surface area contributed by atoms with Crippen LogP contribution in [0.25, 0.3) is 0 Å². The molecule has 0 aromatic rings. The summed E-state index contributed by atoms with van der Waals surface area (Å²) >= 11 is 0.138. The molecule has 0 spiro atoms. The topological polar surface area (TPSA) is 3.24 Å². The van der Waals surface area contributed by atoms with Gasteiger partial charge in [0.15, 0.2) is 0 Å². The summed E-state index contributed by atoms with van der Waals surface area (Å²) in [4.78, 5) is 0. The van der Waals surface area contributed by atoms with E-state index >= 15 is 0 Å². The van der Waals surface area contributed by atoms with E-state index in [4.69, 9.17) is 0 Å². The highest BCUT2D eigenvalue weighted by atomic mass is 127. The molecule has 0 fully saturated rings. The fourth-order valence-corrected chi connectivity index (χ4v) is 0.144. The maximum absolute atomic E-state index is 11.1. The molecule has 0 radical (unpaired) electrons. The Morgan fingerprint density at radius 2 is 1.00 bits per heavy atom. The Kier molecular flexibility index (Phi) is 2.79. The van der Waals surface area contributed by atoms with Gasteiger partial charge >= 0.3 is 12.6 Å². The van der Waals surface area contributed by atoms with Gasteiger partial charge in [-0.05, 0) is 0 Å². The molecule has 0 aliphatic rings. The van der Waals surface area contributed by atoms with Crippen molar-refractivity contribution in [3.63, 3.8) is 0 Å². The van der Waals surface area contributed by atoms with Gasteiger partial charge in [-0.2, -0.15) is 26.3 Å². The van der Waals surface area contributed by atoms with Gasteiger partial charge in [0.2, 0.25) is 0 Å². The summed E-state index contributed by atoms with van der Waals surface area (Å²) in [7, 11) is 0. The van der Waals surface area contributed by atoms with Crippen LogP contribution in [0.5, 0.6) is 0 Å². The van der Waals surface area contributed by atoms with Gasteiger partial charge in [-0.1, -0.05) is 3.11 Å². The zero-order chi connectivity index (χ0) is 8.58. The van der Waals surface area contributed by atoms with Crippen LogP contribution in [0.1, 0.15) is 0 Å². The van der Waals surface area contributed by atoms with Crippen LogP contribution in [0.2, 0.25) is 0 Å². The highest BCUT2D eigenvalue weighted by molar-refractivity contribution is 14.1. The standard InChI is InChI=1S/C2F6IN/c3-1(4,5)10(9)2(6,7)8. The maximum Gasteiger partial charge on any atom is 0.476 e. The minimum absolute atomic E-state index is 0.138. The molecule has 0 unspecified atom stereocenters. The molecule has 0 aliphatic carbocycles. The Bertz CT molecular complexity index is 99.9. The molecule has 0 aromatic heterocycles. The highest BCUT2D eigenvalue weighted by Crippen LogP contribution is 2.36. The molecule has 0 aliphatic heterocycles. The van der Waals surface area contributed by atoms with Crippen molar-refractivity contribution in [2.45, 2.75) is 12.6 Å². The number of alkyl halides is 6. The molecule has 0 N–H and O–H groups in total. The van der Waals surface area contributed by atoms with Gasteiger partial charge in [0.25, 0.3) is 0 Å². The van der Waals surface area contributed by atoms with E-state index in [1.807, 2.05) is 0 Å². The van der Waals surface area contributed by atoms with Crippen LogP contribution in [0.4, 0.5) is 26.3 Å². The minimum Gasteiger partial charge on any atom is -0.155 e. The maximum atomic E-state index is 11.1. The molecule has 0 atom stereocenters. The molecule has 8 heteroatoms. The van der Waals surface area contributed by atoms with E-state index in [2.05, 4.69) is 0 Å². The third kappa shape index (κ3) is 2.90. The van der Waals surface area contributed by atoms with E-state index in [9.17, 15) is 26.3 Å². The summed E-state index contributed by atoms with van der Waals surface area (Å²) < 4.78 is 65.2. The lowest BCUT2D eigenvalue weighted by Crippen LogP contribution is -2.40. The van der Waals surface area contributed by atoms with Gasteiger partial charge in [-0.15, -0.1) is 0 Å². The zero-order valence-electron chi connectivity index (χ0n) is 4.09. The number of hydrogen-bond acceptors (Lipinski definition) is 1. The van der Waals surface area contributed by atoms with Gasteiger partial charge in [0.1, 0.15) is 0 Å². The predicted molar refractivity (Wildman–Crippen MR) is 28.0 cm³/mol. The Morgan fingerprint density at radius 1 is 0.800 bits per heavy atom. The minimum atomic E-state index is -5.36. The molecule has 10 heavy (non-hydrogen) atoms. The summed E-state index contributed by atoms with van der Waals surface area (Å²) in [5.41, 5.74) is 0. The largest absolute Gasteiger partial charge is 0.476 e. The summed E-state index contributed by atoms with van der Waals surface area (Å²) in [5.74, 6) is 0. The van der Waals surface area contributed by atoms with Crippen molar-refractivity contribution in [3.8, 4) is 0 Å². The van der Waals surface area contributed by atoms with Gasteiger partial charge in [0.05, 0.1) is 0 Å². The molecule has 0 saturated carbocycles. The normalized spacial score (nSPS) is 14.4. The van der Waals surface area contributed by atoms with Crippen LogP contribution < -0.4 is 0 Å². The quantitative estimate of drug-likeness (QED) is 0.285. The van der Waals surface area contributed by atoms with E-state index in [0.29, 0.717) is 0 Å². The van der Waals surface area contributed by atoms with Crippen molar-refractivity contribution < 1.29 is 26.3 Å². The van der Waals surface area contributed by atoms with E-state index < -0.39 is 15.7 Å². The molecule has 0 amide bonds. The summed E-state index contributed by atoms with van der Waals surface area (Å²) in [6.45, 7) is 0. The SMILES string of the molecule is FC(F)(F)N(I)C(F)(F)F. The number of hydrogen-bond donors (Lipinski definition) is 0. The number of rotatable bonds is 0. The van der Waals surface area contributed by atoms with Crippen molar-refractivity contribution >= 4 is 22.9 Å². The second-order valence-corrected chi connectivity index (χ2v) is 2.18. The van der Waals surface area contributed by atoms with E-state index in [0.717, 1.165) is 0 Å². The van der Waals surface area contributed by atoms with Crippen LogP contribution in [0.3, 0.4) is 0 Å². The lowest BCUT2D eigenvalue weighted by atomic mass is 11.0. The molecule has 0 bridgehead atoms. The summed E-state index contributed by atoms with van der Waals surface area (Å²) in [6.07, 6.45) is -10.7. The van der Waals surface area contributed by atoms with Gasteiger partial charge in [-0.25, -0.2) is 0 Å². The van der Waals surface area contributed by atoms with E-state index in [1.165, 1.54) is 0 Å². The molecular weight excluding hydrogens is 279 g/mol. The van der Waals surface area contributed by atoms with Crippen LogP contribution in [-0.2, 0) is 0 Å². The molecule has 0 heterocycles. The second kappa shape index (κ2) is 2.72. The van der Waals surface area contributed by atoms with Crippen LogP contribution in [-0.4, -0.2) is 15.7 Å². The highest BCUT2D eigenvalue weighted by Gasteiger charge is 2.52. The first kappa shape index (κ1) is 10.3. The number of nitrogens with zero attached hydrogens (tertiary/aromatic N) is 1. The van der Waals surface area contributed by atoms with Crippen molar-refractivity contribution in [2.75, 3.05) is 0 Å². The Morgan fingerprint density at radius 3 is 1.00 bits per heavy atom. The Balaban J connectivity index is 4.23. The van der Waals surface area contributed by atoms with Crippen LogP contribution >= 0.6 is 22.9 Å². The van der Waals surface area contributed by atoms with Crippen molar-refractivity contribution in [1.29, 1.82) is 0 Å². The molecule has 62 valence electrons. The van der Waals surface area contributed by atoms with Gasteiger partial charge in [0, 0.05) is 22.9 Å². The van der Waals surface area contributed by atoms with Crippen molar-refractivity contribution in [3.05, 3.63) is 0 Å². The molecule has 0 saturated heterocycles. The van der Waals surface area contributed by atoms with Crippen LogP contribution in [0, 0.1) is 0 Å². The molecular formula is C2F6IN. The lowest BCUT2D eigenvalue weighted by molar-refractivity contribution is -0.320. The summed E-state index contributed by atoms with van der Waals surface area (Å²) in [5, 5.41) is 0. The average molecular weight is 279 g/mol. The first-order valence-electron chi connectivity index (χ1n) is 1.75. The van der Waals surface area contributed by atoms with E-state index in [1.54, 1.807) is 0 Å². The number of halogens is 7. The van der Waals surface area contributed by atoms with E-state index in [-0.39, 0.29) is 22.9 Å². The Labute approximate surface area is 65.5 Å². The smallest absolute Gasteiger partial charge is 0.155 e. The van der Waals surface area contributed by atoms with Gasteiger partial charge in [-0.3, -0.25) is 0 Å². The Hall–Kier alpha value is 0.270. The van der Waals surface area contributed by atoms with Crippen molar-refractivity contribution in [1.82, 2.24) is 3.11 Å². The average Bonchev–Trinajstić information content (AvgIpc) is 1.59. The predicted octanol–water partition coefficient (Wildman–Crippen LogP) is 2.68. The summed E-state index contributed by atoms with van der Waals surface area (Å²) in [6, 6.07) is 0. The molecule has 0 aromatic carbocycles. The zero-order valence-corrected chi connectivity index (χ0v) is 6.25. The third-order valence-corrected chi connectivity index (χ3v) is 1.54. The fraction of sp³-hybridized carbons (Fsp3) is 1.00. The first-order valence-corrected chi connectivity index (χ1v) is 2.72. The first-order chi connectivity index (χ1) is 4.15.